The number of rotatable bonds is 3. The predicted octanol–water partition coefficient (Wildman–Crippen LogP) is 6.59. The first-order chi connectivity index (χ1) is 14.2. The van der Waals surface area contributed by atoms with Gasteiger partial charge in [-0.1, -0.05) is 42.5 Å². The van der Waals surface area contributed by atoms with Gasteiger partial charge in [0.1, 0.15) is 0 Å². The third-order valence-electron chi connectivity index (χ3n) is 5.45. The summed E-state index contributed by atoms with van der Waals surface area (Å²) in [5, 5.41) is 1.56. The fourth-order valence-electron chi connectivity index (χ4n) is 3.86. The standard InChI is InChI=1S/C25H23N3S/c1-28(2)18-13-11-17(12-14-18)25-15-23(27-22-9-5-6-10-24(22)29-25)20-16-26-21-8-4-3-7-19(20)21/h3-14,16,25-26H,15H2,1-2H3. The topological polar surface area (TPSA) is 31.4 Å². The summed E-state index contributed by atoms with van der Waals surface area (Å²) >= 11 is 1.91. The molecule has 0 amide bonds. The number of H-pyrrole nitrogens is 1. The fourth-order valence-corrected chi connectivity index (χ4v) is 5.10. The Kier molecular flexibility index (Phi) is 4.64. The first kappa shape index (κ1) is 18.1. The van der Waals surface area contributed by atoms with Crippen LogP contribution < -0.4 is 4.90 Å². The van der Waals surface area contributed by atoms with Crippen molar-refractivity contribution in [1.82, 2.24) is 4.98 Å². The Labute approximate surface area is 175 Å². The van der Waals surface area contributed by atoms with Gasteiger partial charge in [0, 0.05) is 59.0 Å². The number of aliphatic imine (C=N–C) groups is 1. The number of aromatic amines is 1. The van der Waals surface area contributed by atoms with E-state index < -0.39 is 0 Å². The third kappa shape index (κ3) is 3.45. The molecule has 0 saturated heterocycles. The number of hydrogen-bond donors (Lipinski definition) is 1. The summed E-state index contributed by atoms with van der Waals surface area (Å²) in [6, 6.07) is 25.9. The molecule has 1 aromatic heterocycles. The highest BCUT2D eigenvalue weighted by atomic mass is 32.2. The maximum absolute atomic E-state index is 5.12. The second kappa shape index (κ2) is 7.45. The highest BCUT2D eigenvalue weighted by molar-refractivity contribution is 7.99. The Bertz CT molecular complexity index is 1190. The second-order valence-corrected chi connectivity index (χ2v) is 8.82. The Hall–Kier alpha value is -2.98. The van der Waals surface area contributed by atoms with E-state index in [0.717, 1.165) is 23.3 Å². The van der Waals surface area contributed by atoms with Gasteiger partial charge in [0.05, 0.1) is 11.4 Å². The zero-order chi connectivity index (χ0) is 19.8. The van der Waals surface area contributed by atoms with Crippen LogP contribution in [0.3, 0.4) is 0 Å². The second-order valence-electron chi connectivity index (χ2n) is 7.57. The Balaban J connectivity index is 1.60. The molecule has 4 heteroatoms. The summed E-state index contributed by atoms with van der Waals surface area (Å²) < 4.78 is 0. The zero-order valence-corrected chi connectivity index (χ0v) is 17.4. The monoisotopic (exact) mass is 397 g/mol. The first-order valence-corrected chi connectivity index (χ1v) is 10.7. The Morgan fingerprint density at radius 3 is 2.52 bits per heavy atom. The summed E-state index contributed by atoms with van der Waals surface area (Å²) in [6.07, 6.45) is 3.00. The molecular weight excluding hydrogens is 374 g/mol. The summed E-state index contributed by atoms with van der Waals surface area (Å²) in [7, 11) is 4.15. The van der Waals surface area contributed by atoms with Crippen molar-refractivity contribution in [1.29, 1.82) is 0 Å². The molecule has 3 aromatic carbocycles. The van der Waals surface area contributed by atoms with E-state index in [1.54, 1.807) is 0 Å². The number of benzene rings is 3. The lowest BCUT2D eigenvalue weighted by Crippen LogP contribution is -2.09. The van der Waals surface area contributed by atoms with Crippen molar-refractivity contribution in [2.45, 2.75) is 16.6 Å². The molecule has 4 aromatic rings. The van der Waals surface area contributed by atoms with E-state index in [-0.39, 0.29) is 0 Å². The number of anilines is 1. The molecule has 1 unspecified atom stereocenters. The maximum atomic E-state index is 5.12. The van der Waals surface area contributed by atoms with Crippen molar-refractivity contribution in [3.8, 4) is 0 Å². The highest BCUT2D eigenvalue weighted by Gasteiger charge is 2.23. The van der Waals surface area contributed by atoms with Crippen molar-refractivity contribution in [3.63, 3.8) is 0 Å². The fraction of sp³-hybridized carbons (Fsp3) is 0.160. The van der Waals surface area contributed by atoms with Crippen LogP contribution in [-0.2, 0) is 0 Å². The summed E-state index contributed by atoms with van der Waals surface area (Å²) in [5.74, 6) is 0. The van der Waals surface area contributed by atoms with Gasteiger partial charge >= 0.3 is 0 Å². The number of thioether (sulfide) groups is 1. The summed E-state index contributed by atoms with van der Waals surface area (Å²) in [5.41, 5.74) is 7.12. The van der Waals surface area contributed by atoms with Gasteiger partial charge in [-0.15, -0.1) is 11.8 Å². The molecule has 0 aliphatic carbocycles. The number of aromatic nitrogens is 1. The van der Waals surface area contributed by atoms with Crippen LogP contribution in [0.2, 0.25) is 0 Å². The van der Waals surface area contributed by atoms with Gasteiger partial charge in [-0.25, -0.2) is 0 Å². The maximum Gasteiger partial charge on any atom is 0.0769 e. The third-order valence-corrected chi connectivity index (χ3v) is 6.77. The molecule has 0 bridgehead atoms. The minimum absolute atomic E-state index is 0.322. The molecule has 1 N–H and O–H groups in total. The van der Waals surface area contributed by atoms with Gasteiger partial charge in [-0.2, -0.15) is 0 Å². The van der Waals surface area contributed by atoms with Crippen LogP contribution in [-0.4, -0.2) is 24.8 Å². The number of nitrogens with one attached hydrogen (secondary N) is 1. The molecular formula is C25H23N3S. The van der Waals surface area contributed by atoms with Crippen LogP contribution >= 0.6 is 11.8 Å². The van der Waals surface area contributed by atoms with Gasteiger partial charge in [-0.05, 0) is 35.9 Å². The highest BCUT2D eigenvalue weighted by Crippen LogP contribution is 2.46. The molecule has 29 heavy (non-hydrogen) atoms. The zero-order valence-electron chi connectivity index (χ0n) is 16.6. The van der Waals surface area contributed by atoms with E-state index >= 15 is 0 Å². The largest absolute Gasteiger partial charge is 0.378 e. The Morgan fingerprint density at radius 2 is 1.69 bits per heavy atom. The van der Waals surface area contributed by atoms with Gasteiger partial charge in [0.2, 0.25) is 0 Å². The van der Waals surface area contributed by atoms with Crippen molar-refractivity contribution >= 4 is 39.8 Å². The van der Waals surface area contributed by atoms with Crippen LogP contribution in [0.1, 0.15) is 22.8 Å². The SMILES string of the molecule is CN(C)c1ccc(C2CC(c3c[nH]c4ccccc34)=Nc3ccccc3S2)cc1. The molecule has 3 nitrogen and oxygen atoms in total. The lowest BCUT2D eigenvalue weighted by atomic mass is 10.0. The van der Waals surface area contributed by atoms with Crippen LogP contribution in [0, 0.1) is 0 Å². The molecule has 0 fully saturated rings. The van der Waals surface area contributed by atoms with E-state index in [4.69, 9.17) is 4.99 Å². The average Bonchev–Trinajstić information content (AvgIpc) is 3.08. The number of hydrogen-bond acceptors (Lipinski definition) is 3. The van der Waals surface area contributed by atoms with Gasteiger partial charge < -0.3 is 9.88 Å². The number of nitrogens with zero attached hydrogens (tertiary/aromatic N) is 2. The van der Waals surface area contributed by atoms with Crippen LogP contribution in [0.15, 0.2) is 88.9 Å². The molecule has 0 radical (unpaired) electrons. The smallest absolute Gasteiger partial charge is 0.0769 e. The van der Waals surface area contributed by atoms with E-state index in [1.165, 1.54) is 27.1 Å². The molecule has 0 saturated carbocycles. The molecule has 2 heterocycles. The lowest BCUT2D eigenvalue weighted by molar-refractivity contribution is 1.01. The van der Waals surface area contributed by atoms with Gasteiger partial charge in [-0.3, -0.25) is 4.99 Å². The average molecular weight is 398 g/mol. The quantitative estimate of drug-likeness (QED) is 0.423. The van der Waals surface area contributed by atoms with E-state index in [2.05, 4.69) is 103 Å². The molecule has 1 aliphatic heterocycles. The summed E-state index contributed by atoms with van der Waals surface area (Å²) in [4.78, 5) is 11.9. The molecule has 5 rings (SSSR count). The first-order valence-electron chi connectivity index (χ1n) is 9.86. The van der Waals surface area contributed by atoms with Crippen LogP contribution in [0.5, 0.6) is 0 Å². The van der Waals surface area contributed by atoms with E-state index in [9.17, 15) is 0 Å². The minimum Gasteiger partial charge on any atom is -0.378 e. The van der Waals surface area contributed by atoms with Crippen molar-refractivity contribution in [3.05, 3.63) is 90.1 Å². The van der Waals surface area contributed by atoms with Gasteiger partial charge in [0.15, 0.2) is 0 Å². The van der Waals surface area contributed by atoms with Crippen LogP contribution in [0.25, 0.3) is 10.9 Å². The minimum atomic E-state index is 0.322. The van der Waals surface area contributed by atoms with Gasteiger partial charge in [0.25, 0.3) is 0 Å². The predicted molar refractivity (Wildman–Crippen MR) is 125 cm³/mol. The van der Waals surface area contributed by atoms with E-state index in [1.807, 2.05) is 11.8 Å². The normalized spacial score (nSPS) is 16.2. The Morgan fingerprint density at radius 1 is 0.931 bits per heavy atom. The molecule has 1 atom stereocenters. The van der Waals surface area contributed by atoms with E-state index in [0.29, 0.717) is 5.25 Å². The van der Waals surface area contributed by atoms with Crippen molar-refractivity contribution in [2.24, 2.45) is 4.99 Å². The van der Waals surface area contributed by atoms with Crippen molar-refractivity contribution in [2.75, 3.05) is 19.0 Å². The lowest BCUT2D eigenvalue weighted by Gasteiger charge is -2.18. The molecule has 1 aliphatic rings. The van der Waals surface area contributed by atoms with Crippen molar-refractivity contribution < 1.29 is 0 Å². The molecule has 0 spiro atoms. The molecule has 144 valence electrons. The summed E-state index contributed by atoms with van der Waals surface area (Å²) in [6.45, 7) is 0. The van der Waals surface area contributed by atoms with Crippen LogP contribution in [0.4, 0.5) is 11.4 Å². The number of para-hydroxylation sites is 2. The number of fused-ring (bicyclic) bond motifs is 2.